The summed E-state index contributed by atoms with van der Waals surface area (Å²) < 4.78 is 7.46. The molecule has 0 aliphatic heterocycles. The lowest BCUT2D eigenvalue weighted by Crippen LogP contribution is -2.38. The summed E-state index contributed by atoms with van der Waals surface area (Å²) in [6.07, 6.45) is 3.20. The van der Waals surface area contributed by atoms with Crippen molar-refractivity contribution in [3.05, 3.63) is 41.0 Å². The number of aromatic nitrogens is 3. The largest absolute Gasteiger partial charge is 0.496 e. The molecule has 0 unspecified atom stereocenters. The van der Waals surface area contributed by atoms with Gasteiger partial charge in [-0.25, -0.2) is 4.99 Å². The summed E-state index contributed by atoms with van der Waals surface area (Å²) in [5.41, 5.74) is 2.23. The minimum atomic E-state index is 0.541. The van der Waals surface area contributed by atoms with E-state index in [4.69, 9.17) is 9.73 Å². The first kappa shape index (κ1) is 21.1. The van der Waals surface area contributed by atoms with Crippen molar-refractivity contribution in [2.24, 2.45) is 12.0 Å². The summed E-state index contributed by atoms with van der Waals surface area (Å²) >= 11 is 1.85. The summed E-state index contributed by atoms with van der Waals surface area (Å²) in [4.78, 5) is 4.73. The van der Waals surface area contributed by atoms with Crippen LogP contribution in [0.15, 0.2) is 23.2 Å². The quantitative estimate of drug-likeness (QED) is 0.389. The number of hydrogen-bond donors (Lipinski definition) is 2. The minimum Gasteiger partial charge on any atom is -0.496 e. The van der Waals surface area contributed by atoms with Crippen molar-refractivity contribution in [1.82, 2.24) is 25.4 Å². The van der Waals surface area contributed by atoms with Crippen LogP contribution in [0.1, 0.15) is 29.2 Å². The van der Waals surface area contributed by atoms with Crippen molar-refractivity contribution in [3.8, 4) is 5.75 Å². The van der Waals surface area contributed by atoms with Gasteiger partial charge >= 0.3 is 0 Å². The molecule has 8 heteroatoms. The molecule has 1 heterocycles. The lowest BCUT2D eigenvalue weighted by atomic mass is 10.1. The van der Waals surface area contributed by atoms with Crippen molar-refractivity contribution in [1.29, 1.82) is 0 Å². The normalized spacial score (nSPS) is 11.5. The molecule has 148 valence electrons. The minimum absolute atomic E-state index is 0.541. The molecule has 2 rings (SSSR count). The fraction of sp³-hybridized carbons (Fsp3) is 0.526. The topological polar surface area (TPSA) is 76.4 Å². The van der Waals surface area contributed by atoms with Crippen LogP contribution in [0.3, 0.4) is 0 Å². The summed E-state index contributed by atoms with van der Waals surface area (Å²) in [6, 6.07) is 6.18. The van der Waals surface area contributed by atoms with Gasteiger partial charge in [0.1, 0.15) is 11.6 Å². The summed E-state index contributed by atoms with van der Waals surface area (Å²) in [5.74, 6) is 4.51. The first-order valence-electron chi connectivity index (χ1n) is 9.04. The standard InChI is InChI=1S/C19H30N6OS/c1-14-7-8-16(17(11-14)26-4)12-21-19(20-9-6-10-27-5)22-13-18-24-23-15(2)25(18)3/h7-8,11H,6,9-10,12-13H2,1-5H3,(H2,20,21,22). The van der Waals surface area contributed by atoms with E-state index in [9.17, 15) is 0 Å². The first-order chi connectivity index (χ1) is 13.0. The van der Waals surface area contributed by atoms with E-state index in [2.05, 4.69) is 46.1 Å². The predicted molar refractivity (Wildman–Crippen MR) is 112 cm³/mol. The summed E-state index contributed by atoms with van der Waals surface area (Å²) in [7, 11) is 3.66. The van der Waals surface area contributed by atoms with Crippen LogP contribution in [-0.2, 0) is 20.1 Å². The summed E-state index contributed by atoms with van der Waals surface area (Å²) in [5, 5.41) is 15.0. The average molecular weight is 391 g/mol. The van der Waals surface area contributed by atoms with Gasteiger partial charge in [0, 0.05) is 19.2 Å². The van der Waals surface area contributed by atoms with Crippen LogP contribution >= 0.6 is 11.8 Å². The molecule has 1 aromatic heterocycles. The Morgan fingerprint density at radius 2 is 2.07 bits per heavy atom. The highest BCUT2D eigenvalue weighted by Gasteiger charge is 2.07. The molecule has 0 spiro atoms. The number of hydrogen-bond acceptors (Lipinski definition) is 5. The van der Waals surface area contributed by atoms with Gasteiger partial charge in [-0.3, -0.25) is 0 Å². The molecular weight excluding hydrogens is 360 g/mol. The van der Waals surface area contributed by atoms with Gasteiger partial charge in [0.25, 0.3) is 0 Å². The Kier molecular flexibility index (Phi) is 8.44. The number of nitrogens with one attached hydrogen (secondary N) is 2. The fourth-order valence-corrected chi connectivity index (χ4v) is 2.94. The second-order valence-corrected chi connectivity index (χ2v) is 7.31. The van der Waals surface area contributed by atoms with E-state index in [1.807, 2.05) is 36.4 Å². The van der Waals surface area contributed by atoms with E-state index in [-0.39, 0.29) is 0 Å². The molecule has 0 saturated heterocycles. The molecule has 0 radical (unpaired) electrons. The SMILES string of the molecule is COc1cc(C)ccc1CN=C(NCCCSC)NCc1nnc(C)n1C. The van der Waals surface area contributed by atoms with Gasteiger partial charge in [-0.15, -0.1) is 10.2 Å². The van der Waals surface area contributed by atoms with E-state index < -0.39 is 0 Å². The van der Waals surface area contributed by atoms with Crippen LogP contribution in [0.25, 0.3) is 0 Å². The number of nitrogens with zero attached hydrogens (tertiary/aromatic N) is 4. The Morgan fingerprint density at radius 3 is 2.74 bits per heavy atom. The van der Waals surface area contributed by atoms with Crippen molar-refractivity contribution >= 4 is 17.7 Å². The van der Waals surface area contributed by atoms with Crippen LogP contribution in [0.5, 0.6) is 5.75 Å². The Hall–Kier alpha value is -2.22. The highest BCUT2D eigenvalue weighted by Crippen LogP contribution is 2.20. The molecule has 2 N–H and O–H groups in total. The number of aryl methyl sites for hydroxylation is 2. The maximum atomic E-state index is 5.48. The molecule has 2 aromatic rings. The molecule has 0 bridgehead atoms. The number of benzene rings is 1. The number of thioether (sulfide) groups is 1. The van der Waals surface area contributed by atoms with Gasteiger partial charge in [0.15, 0.2) is 11.8 Å². The smallest absolute Gasteiger partial charge is 0.191 e. The molecule has 27 heavy (non-hydrogen) atoms. The Balaban J connectivity index is 2.06. The zero-order valence-corrected chi connectivity index (χ0v) is 17.7. The first-order valence-corrected chi connectivity index (χ1v) is 10.4. The van der Waals surface area contributed by atoms with E-state index in [0.717, 1.165) is 47.6 Å². The van der Waals surface area contributed by atoms with Gasteiger partial charge in [0.05, 0.1) is 20.2 Å². The highest BCUT2D eigenvalue weighted by molar-refractivity contribution is 7.98. The number of ether oxygens (including phenoxy) is 1. The maximum absolute atomic E-state index is 5.48. The lowest BCUT2D eigenvalue weighted by Gasteiger charge is -2.13. The van der Waals surface area contributed by atoms with Gasteiger partial charge in [-0.1, -0.05) is 12.1 Å². The van der Waals surface area contributed by atoms with Crippen LogP contribution < -0.4 is 15.4 Å². The second-order valence-electron chi connectivity index (χ2n) is 6.33. The molecule has 0 aliphatic rings. The molecule has 0 amide bonds. The second kappa shape index (κ2) is 10.8. The molecule has 0 fully saturated rings. The van der Waals surface area contributed by atoms with Crippen LogP contribution in [0.4, 0.5) is 0 Å². The Morgan fingerprint density at radius 1 is 1.26 bits per heavy atom. The molecule has 7 nitrogen and oxygen atoms in total. The number of guanidine groups is 1. The monoisotopic (exact) mass is 390 g/mol. The van der Waals surface area contributed by atoms with E-state index in [0.29, 0.717) is 13.1 Å². The third-order valence-corrected chi connectivity index (χ3v) is 4.96. The van der Waals surface area contributed by atoms with E-state index in [1.165, 1.54) is 5.56 Å². The Labute approximate surface area is 166 Å². The fourth-order valence-electron chi connectivity index (χ4n) is 2.51. The van der Waals surface area contributed by atoms with Crippen molar-refractivity contribution in [2.75, 3.05) is 25.7 Å². The molecule has 1 aromatic carbocycles. The van der Waals surface area contributed by atoms with Crippen LogP contribution in [0, 0.1) is 13.8 Å². The van der Waals surface area contributed by atoms with Crippen molar-refractivity contribution < 1.29 is 4.74 Å². The third kappa shape index (κ3) is 6.46. The zero-order chi connectivity index (χ0) is 19.6. The van der Waals surface area contributed by atoms with Crippen molar-refractivity contribution in [2.45, 2.75) is 33.4 Å². The van der Waals surface area contributed by atoms with Gasteiger partial charge in [-0.2, -0.15) is 11.8 Å². The molecule has 0 aliphatic carbocycles. The average Bonchev–Trinajstić information content (AvgIpc) is 2.99. The number of rotatable bonds is 9. The zero-order valence-electron chi connectivity index (χ0n) is 16.9. The highest BCUT2D eigenvalue weighted by atomic mass is 32.2. The van der Waals surface area contributed by atoms with Crippen LogP contribution in [-0.4, -0.2) is 46.4 Å². The van der Waals surface area contributed by atoms with Gasteiger partial charge in [0.2, 0.25) is 0 Å². The van der Waals surface area contributed by atoms with Gasteiger partial charge in [-0.05, 0) is 43.9 Å². The third-order valence-electron chi connectivity index (χ3n) is 4.26. The van der Waals surface area contributed by atoms with E-state index in [1.54, 1.807) is 7.11 Å². The molecular formula is C19H30N6OS. The van der Waals surface area contributed by atoms with Crippen LogP contribution in [0.2, 0.25) is 0 Å². The predicted octanol–water partition coefficient (Wildman–Crippen LogP) is 2.43. The Bertz CT molecular complexity index is 759. The lowest BCUT2D eigenvalue weighted by molar-refractivity contribution is 0.409. The molecule has 0 atom stereocenters. The summed E-state index contributed by atoms with van der Waals surface area (Å²) in [6.45, 7) is 5.97. The molecule has 0 saturated carbocycles. The maximum Gasteiger partial charge on any atom is 0.191 e. The van der Waals surface area contributed by atoms with Gasteiger partial charge < -0.3 is 19.9 Å². The number of methoxy groups -OCH3 is 1. The van der Waals surface area contributed by atoms with E-state index >= 15 is 0 Å². The van der Waals surface area contributed by atoms with Crippen molar-refractivity contribution in [3.63, 3.8) is 0 Å². The number of aliphatic imine (C=N–C) groups is 1.